The lowest BCUT2D eigenvalue weighted by molar-refractivity contribution is 1.37. The largest absolute Gasteiger partial charge is 0.115 e. The Balaban J connectivity index is 4.06. The van der Waals surface area contributed by atoms with Gasteiger partial charge in [0.25, 0.3) is 0 Å². The fraction of sp³-hybridized carbons (Fsp3) is 0.250. The van der Waals surface area contributed by atoms with E-state index in [1.807, 2.05) is 13.8 Å². The Kier molecular flexibility index (Phi) is 2.72. The van der Waals surface area contributed by atoms with Crippen molar-refractivity contribution >= 4 is 0 Å². The number of rotatable bonds is 1. The lowest BCUT2D eigenvalue weighted by Gasteiger charge is -1.91. The second-order valence-electron chi connectivity index (χ2n) is 1.77. The molecule has 0 amide bonds. The molecule has 8 heavy (non-hydrogen) atoms. The highest BCUT2D eigenvalue weighted by Crippen LogP contribution is 2.02. The van der Waals surface area contributed by atoms with Crippen LogP contribution in [0.15, 0.2) is 23.8 Å². The molecule has 42 valence electrons. The van der Waals surface area contributed by atoms with E-state index in [-0.39, 0.29) is 0 Å². The van der Waals surface area contributed by atoms with E-state index in [0.29, 0.717) is 0 Å². The Morgan fingerprint density at radius 2 is 2.12 bits per heavy atom. The number of hydrogen-bond donors (Lipinski definition) is 0. The molecule has 0 N–H and O–H groups in total. The van der Waals surface area contributed by atoms with Crippen LogP contribution >= 0.6 is 0 Å². The quantitative estimate of drug-likeness (QED) is 0.355. The SMILES string of the molecule is C#CC=C(C)C(=C)C. The first kappa shape index (κ1) is 7.04. The molecule has 0 rings (SSSR count). The minimum atomic E-state index is 1.03. The lowest BCUT2D eigenvalue weighted by atomic mass is 10.1. The summed E-state index contributed by atoms with van der Waals surface area (Å²) in [6, 6.07) is 0. The zero-order valence-corrected chi connectivity index (χ0v) is 5.36. The fourth-order valence-electron chi connectivity index (χ4n) is 0.248. The Hall–Kier alpha value is -0.960. The average molecular weight is 106 g/mol. The molecule has 0 aromatic rings. The Morgan fingerprint density at radius 1 is 1.62 bits per heavy atom. The van der Waals surface area contributed by atoms with Gasteiger partial charge in [-0.15, -0.1) is 6.42 Å². The third-order valence-corrected chi connectivity index (χ3v) is 0.973. The molecule has 0 heterocycles. The molecule has 0 aliphatic rings. The minimum absolute atomic E-state index is 1.03. The van der Waals surface area contributed by atoms with E-state index in [0.717, 1.165) is 11.1 Å². The van der Waals surface area contributed by atoms with Gasteiger partial charge >= 0.3 is 0 Å². The van der Waals surface area contributed by atoms with Gasteiger partial charge in [0.05, 0.1) is 0 Å². The van der Waals surface area contributed by atoms with E-state index in [9.17, 15) is 0 Å². The van der Waals surface area contributed by atoms with Crippen LogP contribution in [0.5, 0.6) is 0 Å². The fourth-order valence-corrected chi connectivity index (χ4v) is 0.248. The monoisotopic (exact) mass is 106 g/mol. The van der Waals surface area contributed by atoms with Crippen molar-refractivity contribution in [1.82, 2.24) is 0 Å². The van der Waals surface area contributed by atoms with Crippen LogP contribution in [0.2, 0.25) is 0 Å². The van der Waals surface area contributed by atoms with Crippen LogP contribution in [0.25, 0.3) is 0 Å². The molecule has 0 bridgehead atoms. The van der Waals surface area contributed by atoms with E-state index in [1.54, 1.807) is 6.08 Å². The smallest absolute Gasteiger partial charge is 0.00899 e. The third-order valence-electron chi connectivity index (χ3n) is 0.973. The minimum Gasteiger partial charge on any atom is -0.115 e. The number of hydrogen-bond acceptors (Lipinski definition) is 0. The van der Waals surface area contributed by atoms with Crippen LogP contribution in [0.3, 0.4) is 0 Å². The molecule has 0 spiro atoms. The van der Waals surface area contributed by atoms with Gasteiger partial charge in [0.1, 0.15) is 0 Å². The van der Waals surface area contributed by atoms with Gasteiger partial charge in [0.15, 0.2) is 0 Å². The summed E-state index contributed by atoms with van der Waals surface area (Å²) in [5.74, 6) is 2.43. The molecule has 0 fully saturated rings. The maximum absolute atomic E-state index is 5.00. The molecule has 0 aromatic carbocycles. The van der Waals surface area contributed by atoms with E-state index in [4.69, 9.17) is 6.42 Å². The van der Waals surface area contributed by atoms with Gasteiger partial charge in [-0.25, -0.2) is 0 Å². The summed E-state index contributed by atoms with van der Waals surface area (Å²) in [7, 11) is 0. The molecule has 0 aliphatic heterocycles. The summed E-state index contributed by atoms with van der Waals surface area (Å²) >= 11 is 0. The molecule has 0 radical (unpaired) electrons. The molecule has 0 unspecified atom stereocenters. The molecule has 0 nitrogen and oxygen atoms in total. The summed E-state index contributed by atoms with van der Waals surface area (Å²) in [6.45, 7) is 7.59. The van der Waals surface area contributed by atoms with Crippen molar-refractivity contribution in [3.8, 4) is 12.3 Å². The van der Waals surface area contributed by atoms with Crippen molar-refractivity contribution in [1.29, 1.82) is 0 Å². The lowest BCUT2D eigenvalue weighted by Crippen LogP contribution is -1.72. The summed E-state index contributed by atoms with van der Waals surface area (Å²) in [4.78, 5) is 0. The standard InChI is InChI=1S/C8H10/c1-5-6-8(4)7(2)3/h1,6H,2H2,3-4H3. The average Bonchev–Trinajstić information content (AvgIpc) is 1.67. The van der Waals surface area contributed by atoms with Crippen LogP contribution in [-0.2, 0) is 0 Å². The first-order valence-electron chi connectivity index (χ1n) is 2.47. The maximum atomic E-state index is 5.00. The van der Waals surface area contributed by atoms with Crippen molar-refractivity contribution in [2.45, 2.75) is 13.8 Å². The van der Waals surface area contributed by atoms with Gasteiger partial charge in [-0.1, -0.05) is 18.1 Å². The molecule has 0 saturated heterocycles. The van der Waals surface area contributed by atoms with Gasteiger partial charge in [0, 0.05) is 0 Å². The molecular weight excluding hydrogens is 96.1 g/mol. The highest BCUT2D eigenvalue weighted by Gasteiger charge is 1.83. The maximum Gasteiger partial charge on any atom is -0.00899 e. The van der Waals surface area contributed by atoms with Crippen LogP contribution in [0.4, 0.5) is 0 Å². The van der Waals surface area contributed by atoms with Crippen LogP contribution < -0.4 is 0 Å². The Bertz CT molecular complexity index is 153. The summed E-state index contributed by atoms with van der Waals surface area (Å²) in [5.41, 5.74) is 2.11. The number of allylic oxidation sites excluding steroid dienone is 3. The van der Waals surface area contributed by atoms with Crippen molar-refractivity contribution < 1.29 is 0 Å². The first-order chi connectivity index (χ1) is 3.68. The molecule has 0 heteroatoms. The van der Waals surface area contributed by atoms with E-state index in [1.165, 1.54) is 0 Å². The van der Waals surface area contributed by atoms with Gasteiger partial charge in [-0.05, 0) is 25.5 Å². The first-order valence-corrected chi connectivity index (χ1v) is 2.47. The molecule has 0 saturated carbocycles. The van der Waals surface area contributed by atoms with Gasteiger partial charge in [-0.3, -0.25) is 0 Å². The summed E-state index contributed by atoms with van der Waals surface area (Å²) in [6.07, 6.45) is 6.71. The zero-order valence-electron chi connectivity index (χ0n) is 5.36. The van der Waals surface area contributed by atoms with E-state index < -0.39 is 0 Å². The van der Waals surface area contributed by atoms with Gasteiger partial charge in [0.2, 0.25) is 0 Å². The molecular formula is C8H10. The second-order valence-corrected chi connectivity index (χ2v) is 1.77. The topological polar surface area (TPSA) is 0 Å². The van der Waals surface area contributed by atoms with Crippen molar-refractivity contribution in [2.75, 3.05) is 0 Å². The second kappa shape index (κ2) is 3.10. The van der Waals surface area contributed by atoms with Gasteiger partial charge < -0.3 is 0 Å². The Labute approximate surface area is 50.9 Å². The van der Waals surface area contributed by atoms with Crippen molar-refractivity contribution in [3.05, 3.63) is 23.8 Å². The predicted octanol–water partition coefficient (Wildman–Crippen LogP) is 2.14. The normalized spacial score (nSPS) is 10.4. The molecule has 0 aromatic heterocycles. The van der Waals surface area contributed by atoms with Crippen molar-refractivity contribution in [2.24, 2.45) is 0 Å². The van der Waals surface area contributed by atoms with Crippen molar-refractivity contribution in [3.63, 3.8) is 0 Å². The highest BCUT2D eigenvalue weighted by atomic mass is 13.9. The third kappa shape index (κ3) is 2.25. The van der Waals surface area contributed by atoms with Crippen LogP contribution in [0, 0.1) is 12.3 Å². The van der Waals surface area contributed by atoms with E-state index >= 15 is 0 Å². The summed E-state index contributed by atoms with van der Waals surface area (Å²) in [5, 5.41) is 0. The zero-order chi connectivity index (χ0) is 6.57. The Morgan fingerprint density at radius 3 is 2.25 bits per heavy atom. The van der Waals surface area contributed by atoms with Crippen LogP contribution in [-0.4, -0.2) is 0 Å². The summed E-state index contributed by atoms with van der Waals surface area (Å²) < 4.78 is 0. The van der Waals surface area contributed by atoms with E-state index in [2.05, 4.69) is 12.5 Å². The molecule has 0 aliphatic carbocycles. The molecule has 0 atom stereocenters. The van der Waals surface area contributed by atoms with Gasteiger partial charge in [-0.2, -0.15) is 0 Å². The number of terminal acetylenes is 1. The highest BCUT2D eigenvalue weighted by molar-refractivity contribution is 5.30. The predicted molar refractivity (Wildman–Crippen MR) is 37.4 cm³/mol. The van der Waals surface area contributed by atoms with Crippen LogP contribution in [0.1, 0.15) is 13.8 Å².